The molecule has 1 N–H and O–H groups in total. The molecule has 3 nitrogen and oxygen atoms in total. The van der Waals surface area contributed by atoms with E-state index in [9.17, 15) is 9.90 Å². The van der Waals surface area contributed by atoms with Crippen molar-refractivity contribution in [2.24, 2.45) is 5.41 Å². The highest BCUT2D eigenvalue weighted by Crippen LogP contribution is 2.45. The predicted molar refractivity (Wildman–Crippen MR) is 42.2 cm³/mol. The van der Waals surface area contributed by atoms with Gasteiger partial charge < -0.3 is 9.84 Å². The molecule has 1 aliphatic carbocycles. The van der Waals surface area contributed by atoms with Crippen LogP contribution in [0.3, 0.4) is 0 Å². The van der Waals surface area contributed by atoms with Crippen LogP contribution in [0.5, 0.6) is 0 Å². The van der Waals surface area contributed by atoms with Gasteiger partial charge in [0.05, 0.1) is 5.41 Å². The minimum Gasteiger partial charge on any atom is -0.436 e. The summed E-state index contributed by atoms with van der Waals surface area (Å²) in [5.41, 5.74) is -0.308. The zero-order chi connectivity index (χ0) is 8.60. The average molecular weight is 170 g/mol. The van der Waals surface area contributed by atoms with Crippen LogP contribution < -0.4 is 0 Å². The van der Waals surface area contributed by atoms with E-state index in [1.165, 1.54) is 6.42 Å². The fourth-order valence-electron chi connectivity index (χ4n) is 2.34. The van der Waals surface area contributed by atoms with Gasteiger partial charge in [-0.05, 0) is 12.8 Å². The Kier molecular flexibility index (Phi) is 1.83. The first-order valence-electron chi connectivity index (χ1n) is 4.62. The van der Waals surface area contributed by atoms with Crippen molar-refractivity contribution in [3.05, 3.63) is 0 Å². The Morgan fingerprint density at radius 2 is 2.00 bits per heavy atom. The zero-order valence-corrected chi connectivity index (χ0v) is 7.08. The van der Waals surface area contributed by atoms with E-state index >= 15 is 0 Å². The maximum absolute atomic E-state index is 11.4. The molecule has 0 aromatic carbocycles. The summed E-state index contributed by atoms with van der Waals surface area (Å²) in [6.07, 6.45) is 4.91. The number of cyclic esters (lactones) is 1. The summed E-state index contributed by atoms with van der Waals surface area (Å²) >= 11 is 0. The molecule has 0 aromatic heterocycles. The Morgan fingerprint density at radius 1 is 1.33 bits per heavy atom. The summed E-state index contributed by atoms with van der Waals surface area (Å²) < 4.78 is 4.77. The van der Waals surface area contributed by atoms with Crippen LogP contribution in [0, 0.1) is 5.41 Å². The summed E-state index contributed by atoms with van der Waals surface area (Å²) in [4.78, 5) is 11.4. The van der Waals surface area contributed by atoms with Crippen molar-refractivity contribution in [3.8, 4) is 0 Å². The lowest BCUT2D eigenvalue weighted by Crippen LogP contribution is -2.28. The molecule has 1 unspecified atom stereocenters. The molecule has 2 fully saturated rings. The maximum Gasteiger partial charge on any atom is 0.314 e. The molecule has 68 valence electrons. The van der Waals surface area contributed by atoms with Crippen molar-refractivity contribution in [1.82, 2.24) is 0 Å². The number of hydrogen-bond acceptors (Lipinski definition) is 3. The highest BCUT2D eigenvalue weighted by molar-refractivity contribution is 5.78. The van der Waals surface area contributed by atoms with Crippen molar-refractivity contribution in [1.29, 1.82) is 0 Å². The summed E-state index contributed by atoms with van der Waals surface area (Å²) in [5.74, 6) is -0.172. The van der Waals surface area contributed by atoms with Crippen molar-refractivity contribution in [2.45, 2.75) is 44.8 Å². The molecular weight excluding hydrogens is 156 g/mol. The van der Waals surface area contributed by atoms with Crippen LogP contribution >= 0.6 is 0 Å². The molecular formula is C9H14O3. The lowest BCUT2D eigenvalue weighted by Gasteiger charge is -2.28. The second kappa shape index (κ2) is 2.73. The van der Waals surface area contributed by atoms with Gasteiger partial charge in [0, 0.05) is 6.42 Å². The molecule has 1 aliphatic heterocycles. The number of ether oxygens (including phenoxy) is 1. The van der Waals surface area contributed by atoms with Crippen LogP contribution in [0.15, 0.2) is 0 Å². The first-order chi connectivity index (χ1) is 5.73. The second-order valence-electron chi connectivity index (χ2n) is 3.91. The normalized spacial score (nSPS) is 33.8. The van der Waals surface area contributed by atoms with Crippen LogP contribution in [-0.4, -0.2) is 17.4 Å². The van der Waals surface area contributed by atoms with Gasteiger partial charge in [-0.3, -0.25) is 4.79 Å². The number of hydrogen-bond donors (Lipinski definition) is 1. The van der Waals surface area contributed by atoms with Gasteiger partial charge in [0.1, 0.15) is 0 Å². The minimum absolute atomic E-state index is 0.172. The molecule has 0 radical (unpaired) electrons. The SMILES string of the molecule is O=C1OC(O)CC12CCCCC2. The second-order valence-corrected chi connectivity index (χ2v) is 3.91. The summed E-state index contributed by atoms with van der Waals surface area (Å²) in [5, 5.41) is 9.17. The van der Waals surface area contributed by atoms with Gasteiger partial charge in [0.2, 0.25) is 6.29 Å². The van der Waals surface area contributed by atoms with Gasteiger partial charge >= 0.3 is 5.97 Å². The Bertz CT molecular complexity index is 194. The van der Waals surface area contributed by atoms with Crippen LogP contribution in [0.25, 0.3) is 0 Å². The summed E-state index contributed by atoms with van der Waals surface area (Å²) in [7, 11) is 0. The van der Waals surface area contributed by atoms with Gasteiger partial charge in [0.25, 0.3) is 0 Å². The molecule has 1 saturated heterocycles. The molecule has 1 heterocycles. The lowest BCUT2D eigenvalue weighted by atomic mass is 9.73. The standard InChI is InChI=1S/C9H14O3/c10-7-6-9(8(11)12-7)4-2-1-3-5-9/h7,10H,1-6H2. The lowest BCUT2D eigenvalue weighted by molar-refractivity contribution is -0.159. The third kappa shape index (κ3) is 1.12. The quantitative estimate of drug-likeness (QED) is 0.556. The molecule has 2 rings (SSSR count). The van der Waals surface area contributed by atoms with Crippen LogP contribution in [0.4, 0.5) is 0 Å². The van der Waals surface area contributed by atoms with E-state index in [0.717, 1.165) is 25.7 Å². The Hall–Kier alpha value is -0.570. The molecule has 0 bridgehead atoms. The minimum atomic E-state index is -0.837. The number of aliphatic hydroxyl groups excluding tert-OH is 1. The first-order valence-corrected chi connectivity index (χ1v) is 4.62. The van der Waals surface area contributed by atoms with Crippen molar-refractivity contribution in [2.75, 3.05) is 0 Å². The fourth-order valence-corrected chi connectivity index (χ4v) is 2.34. The monoisotopic (exact) mass is 170 g/mol. The molecule has 0 amide bonds. The highest BCUT2D eigenvalue weighted by atomic mass is 16.6. The zero-order valence-electron chi connectivity index (χ0n) is 7.08. The average Bonchev–Trinajstić information content (AvgIpc) is 2.29. The smallest absolute Gasteiger partial charge is 0.314 e. The Morgan fingerprint density at radius 3 is 2.50 bits per heavy atom. The van der Waals surface area contributed by atoms with Crippen LogP contribution in [-0.2, 0) is 9.53 Å². The van der Waals surface area contributed by atoms with Gasteiger partial charge in [-0.15, -0.1) is 0 Å². The highest BCUT2D eigenvalue weighted by Gasteiger charge is 2.48. The van der Waals surface area contributed by atoms with E-state index in [1.807, 2.05) is 0 Å². The van der Waals surface area contributed by atoms with E-state index in [1.54, 1.807) is 0 Å². The number of carbonyl (C=O) groups excluding carboxylic acids is 1. The maximum atomic E-state index is 11.4. The molecule has 0 aromatic rings. The molecule has 2 aliphatic rings. The number of esters is 1. The molecule has 1 saturated carbocycles. The molecule has 1 atom stereocenters. The van der Waals surface area contributed by atoms with Crippen molar-refractivity contribution >= 4 is 5.97 Å². The van der Waals surface area contributed by atoms with E-state index in [2.05, 4.69) is 0 Å². The van der Waals surface area contributed by atoms with Gasteiger partial charge in [-0.1, -0.05) is 19.3 Å². The Labute approximate surface area is 71.7 Å². The molecule has 12 heavy (non-hydrogen) atoms. The van der Waals surface area contributed by atoms with E-state index in [0.29, 0.717) is 6.42 Å². The number of aliphatic hydroxyl groups is 1. The number of carbonyl (C=O) groups is 1. The van der Waals surface area contributed by atoms with E-state index in [4.69, 9.17) is 4.74 Å². The van der Waals surface area contributed by atoms with Crippen LogP contribution in [0.1, 0.15) is 38.5 Å². The summed E-state index contributed by atoms with van der Waals surface area (Å²) in [6.45, 7) is 0. The summed E-state index contributed by atoms with van der Waals surface area (Å²) in [6, 6.07) is 0. The fraction of sp³-hybridized carbons (Fsp3) is 0.889. The van der Waals surface area contributed by atoms with Crippen molar-refractivity contribution in [3.63, 3.8) is 0 Å². The molecule has 1 spiro atoms. The molecule has 3 heteroatoms. The van der Waals surface area contributed by atoms with Crippen LogP contribution in [0.2, 0.25) is 0 Å². The third-order valence-corrected chi connectivity index (χ3v) is 3.05. The van der Waals surface area contributed by atoms with Gasteiger partial charge in [-0.2, -0.15) is 0 Å². The largest absolute Gasteiger partial charge is 0.436 e. The van der Waals surface area contributed by atoms with E-state index < -0.39 is 6.29 Å². The topological polar surface area (TPSA) is 46.5 Å². The van der Waals surface area contributed by atoms with Crippen molar-refractivity contribution < 1.29 is 14.6 Å². The van der Waals surface area contributed by atoms with E-state index in [-0.39, 0.29) is 11.4 Å². The predicted octanol–water partition coefficient (Wildman–Crippen LogP) is 1.20. The number of rotatable bonds is 0. The van der Waals surface area contributed by atoms with Gasteiger partial charge in [-0.25, -0.2) is 0 Å². The first kappa shape index (κ1) is 8.05. The Balaban J connectivity index is 2.13. The third-order valence-electron chi connectivity index (χ3n) is 3.05. The van der Waals surface area contributed by atoms with Gasteiger partial charge in [0.15, 0.2) is 0 Å².